The maximum Gasteiger partial charge on any atom is 0.161 e. The molecule has 3 nitrogen and oxygen atoms in total. The highest BCUT2D eigenvalue weighted by molar-refractivity contribution is 5.99. The highest BCUT2D eigenvalue weighted by atomic mass is 16.1. The van der Waals surface area contributed by atoms with E-state index in [2.05, 4.69) is 26.1 Å². The van der Waals surface area contributed by atoms with E-state index in [9.17, 15) is 4.79 Å². The minimum absolute atomic E-state index is 0.00346. The number of carbonyl (C=O) groups is 1. The molecule has 0 fully saturated rings. The fourth-order valence-corrected chi connectivity index (χ4v) is 1.58. The van der Waals surface area contributed by atoms with Crippen LogP contribution >= 0.6 is 0 Å². The maximum atomic E-state index is 11.2. The van der Waals surface area contributed by atoms with Gasteiger partial charge in [0, 0.05) is 23.5 Å². The molecule has 3 N–H and O–H groups in total. The van der Waals surface area contributed by atoms with Crippen LogP contribution in [0.5, 0.6) is 0 Å². The largest absolute Gasteiger partial charge is 0.398 e. The van der Waals surface area contributed by atoms with Crippen molar-refractivity contribution in [1.82, 2.24) is 0 Å². The van der Waals surface area contributed by atoms with E-state index >= 15 is 0 Å². The molecule has 0 atom stereocenters. The van der Waals surface area contributed by atoms with Crippen LogP contribution < -0.4 is 11.1 Å². The minimum atomic E-state index is 0.00346. The van der Waals surface area contributed by atoms with Crippen molar-refractivity contribution in [2.75, 3.05) is 17.6 Å². The summed E-state index contributed by atoms with van der Waals surface area (Å²) >= 11 is 0. The van der Waals surface area contributed by atoms with Gasteiger partial charge in [-0.3, -0.25) is 4.79 Å². The number of carbonyl (C=O) groups excluding carboxylic acids is 1. The Hall–Kier alpha value is -1.51. The van der Waals surface area contributed by atoms with Crippen molar-refractivity contribution in [3.05, 3.63) is 23.8 Å². The molecule has 0 unspecified atom stereocenters. The van der Waals surface area contributed by atoms with Crippen molar-refractivity contribution in [3.63, 3.8) is 0 Å². The second-order valence-electron chi connectivity index (χ2n) is 5.60. The second kappa shape index (κ2) is 5.21. The second-order valence-corrected chi connectivity index (χ2v) is 5.60. The molecule has 0 saturated carbocycles. The number of benzene rings is 1. The number of hydrogen-bond donors (Lipinski definition) is 2. The average molecular weight is 234 g/mol. The van der Waals surface area contributed by atoms with Gasteiger partial charge in [0.2, 0.25) is 0 Å². The Morgan fingerprint density at radius 1 is 1.35 bits per heavy atom. The molecule has 1 rings (SSSR count). The first-order chi connectivity index (χ1) is 7.79. The lowest BCUT2D eigenvalue weighted by Crippen LogP contribution is -2.13. The summed E-state index contributed by atoms with van der Waals surface area (Å²) in [5.41, 5.74) is 8.23. The van der Waals surface area contributed by atoms with Crippen molar-refractivity contribution in [2.45, 2.75) is 34.1 Å². The van der Waals surface area contributed by atoms with E-state index in [4.69, 9.17) is 5.73 Å². The van der Waals surface area contributed by atoms with Gasteiger partial charge >= 0.3 is 0 Å². The van der Waals surface area contributed by atoms with E-state index in [0.717, 1.165) is 18.7 Å². The molecule has 0 radical (unpaired) electrons. The third-order valence-electron chi connectivity index (χ3n) is 2.63. The van der Waals surface area contributed by atoms with Crippen LogP contribution in [0.25, 0.3) is 0 Å². The summed E-state index contributed by atoms with van der Waals surface area (Å²) in [4.78, 5) is 11.2. The molecular weight excluding hydrogens is 212 g/mol. The molecule has 1 aromatic carbocycles. The summed E-state index contributed by atoms with van der Waals surface area (Å²) in [5.74, 6) is 0.00346. The number of nitrogen functional groups attached to an aromatic ring is 1. The fraction of sp³-hybridized carbons (Fsp3) is 0.500. The van der Waals surface area contributed by atoms with Gasteiger partial charge in [0.25, 0.3) is 0 Å². The van der Waals surface area contributed by atoms with Crippen LogP contribution in [0, 0.1) is 5.41 Å². The molecule has 17 heavy (non-hydrogen) atoms. The van der Waals surface area contributed by atoms with E-state index < -0.39 is 0 Å². The lowest BCUT2D eigenvalue weighted by molar-refractivity contribution is 0.101. The molecule has 0 saturated heterocycles. The molecule has 0 amide bonds. The Balaban J connectivity index is 2.62. The molecule has 0 aliphatic carbocycles. The Morgan fingerprint density at radius 3 is 2.47 bits per heavy atom. The quantitative estimate of drug-likeness (QED) is 0.620. The van der Waals surface area contributed by atoms with Crippen molar-refractivity contribution in [3.8, 4) is 0 Å². The Labute approximate surface area is 103 Å². The molecule has 94 valence electrons. The zero-order valence-electron chi connectivity index (χ0n) is 11.1. The normalized spacial score (nSPS) is 11.3. The summed E-state index contributed by atoms with van der Waals surface area (Å²) in [5, 5.41) is 3.32. The zero-order chi connectivity index (χ0) is 13.1. The van der Waals surface area contributed by atoms with Gasteiger partial charge in [0.15, 0.2) is 5.78 Å². The van der Waals surface area contributed by atoms with Crippen LogP contribution in [0.1, 0.15) is 44.5 Å². The number of rotatable bonds is 4. The van der Waals surface area contributed by atoms with E-state index in [1.54, 1.807) is 6.07 Å². The summed E-state index contributed by atoms with van der Waals surface area (Å²) in [6, 6.07) is 5.49. The lowest BCUT2D eigenvalue weighted by Gasteiger charge is -2.18. The first-order valence-corrected chi connectivity index (χ1v) is 5.94. The smallest absolute Gasteiger partial charge is 0.161 e. The number of hydrogen-bond acceptors (Lipinski definition) is 3. The fourth-order valence-electron chi connectivity index (χ4n) is 1.58. The molecule has 0 aliphatic heterocycles. The molecule has 1 aromatic rings. The highest BCUT2D eigenvalue weighted by Crippen LogP contribution is 2.21. The van der Waals surface area contributed by atoms with Gasteiger partial charge in [0.1, 0.15) is 0 Å². The van der Waals surface area contributed by atoms with Crippen LogP contribution in [0.3, 0.4) is 0 Å². The van der Waals surface area contributed by atoms with Crippen molar-refractivity contribution < 1.29 is 4.79 Å². The predicted octanol–water partition coefficient (Wildman–Crippen LogP) is 3.32. The number of anilines is 2. The van der Waals surface area contributed by atoms with Gasteiger partial charge in [-0.2, -0.15) is 0 Å². The summed E-state index contributed by atoms with van der Waals surface area (Å²) < 4.78 is 0. The molecule has 0 aliphatic rings. The monoisotopic (exact) mass is 234 g/mol. The van der Waals surface area contributed by atoms with Crippen LogP contribution in [0.15, 0.2) is 18.2 Å². The predicted molar refractivity (Wildman–Crippen MR) is 73.4 cm³/mol. The summed E-state index contributed by atoms with van der Waals surface area (Å²) in [6.45, 7) is 9.06. The van der Waals surface area contributed by atoms with E-state index in [1.165, 1.54) is 6.92 Å². The molecule has 3 heteroatoms. The van der Waals surface area contributed by atoms with Gasteiger partial charge in [-0.05, 0) is 37.0 Å². The third kappa shape index (κ3) is 4.47. The van der Waals surface area contributed by atoms with Crippen LogP contribution in [0.2, 0.25) is 0 Å². The van der Waals surface area contributed by atoms with Crippen LogP contribution in [-0.4, -0.2) is 12.3 Å². The molecule has 0 bridgehead atoms. The van der Waals surface area contributed by atoms with Gasteiger partial charge in [-0.1, -0.05) is 20.8 Å². The van der Waals surface area contributed by atoms with E-state index in [-0.39, 0.29) is 5.78 Å². The van der Waals surface area contributed by atoms with Gasteiger partial charge in [-0.25, -0.2) is 0 Å². The standard InChI is InChI=1S/C14H22N2O/c1-10(17)12-6-5-11(9-13(12)15)16-8-7-14(2,3)4/h5-6,9,16H,7-8,15H2,1-4H3. The maximum absolute atomic E-state index is 11.2. The van der Waals surface area contributed by atoms with Crippen molar-refractivity contribution >= 4 is 17.2 Å². The molecular formula is C14H22N2O. The van der Waals surface area contributed by atoms with Crippen LogP contribution in [-0.2, 0) is 0 Å². The number of Topliss-reactive ketones (excluding diaryl/α,β-unsaturated/α-hetero) is 1. The SMILES string of the molecule is CC(=O)c1ccc(NCCC(C)(C)C)cc1N. The highest BCUT2D eigenvalue weighted by Gasteiger charge is 2.09. The minimum Gasteiger partial charge on any atom is -0.398 e. The molecule has 0 spiro atoms. The van der Waals surface area contributed by atoms with Crippen molar-refractivity contribution in [1.29, 1.82) is 0 Å². The summed E-state index contributed by atoms with van der Waals surface area (Å²) in [6.07, 6.45) is 1.08. The number of nitrogens with two attached hydrogens (primary N) is 1. The lowest BCUT2D eigenvalue weighted by atomic mass is 9.92. The third-order valence-corrected chi connectivity index (χ3v) is 2.63. The van der Waals surface area contributed by atoms with Gasteiger partial charge in [-0.15, -0.1) is 0 Å². The van der Waals surface area contributed by atoms with Crippen molar-refractivity contribution in [2.24, 2.45) is 5.41 Å². The molecule has 0 heterocycles. The van der Waals surface area contributed by atoms with E-state index in [1.807, 2.05) is 12.1 Å². The molecule has 0 aromatic heterocycles. The number of ketones is 1. The Bertz CT molecular complexity index is 405. The Kier molecular flexibility index (Phi) is 4.16. The summed E-state index contributed by atoms with van der Waals surface area (Å²) in [7, 11) is 0. The number of nitrogens with one attached hydrogen (secondary N) is 1. The van der Waals surface area contributed by atoms with Gasteiger partial charge < -0.3 is 11.1 Å². The van der Waals surface area contributed by atoms with E-state index in [0.29, 0.717) is 16.7 Å². The van der Waals surface area contributed by atoms with Crippen LogP contribution in [0.4, 0.5) is 11.4 Å². The zero-order valence-corrected chi connectivity index (χ0v) is 11.1. The first-order valence-electron chi connectivity index (χ1n) is 5.94. The average Bonchev–Trinajstić information content (AvgIpc) is 2.15. The Morgan fingerprint density at radius 2 is 2.00 bits per heavy atom. The first kappa shape index (κ1) is 13.6. The van der Waals surface area contributed by atoms with Gasteiger partial charge in [0.05, 0.1) is 0 Å². The topological polar surface area (TPSA) is 55.1 Å².